The van der Waals surface area contributed by atoms with E-state index in [0.717, 1.165) is 12.8 Å². The average molecular weight is 256 g/mol. The predicted octanol–water partition coefficient (Wildman–Crippen LogP) is 2.09. The average Bonchev–Trinajstić information content (AvgIpc) is 2.46. The summed E-state index contributed by atoms with van der Waals surface area (Å²) in [6.07, 6.45) is 2.81. The molecule has 0 aromatic rings. The van der Waals surface area contributed by atoms with E-state index in [2.05, 4.69) is 20.8 Å². The molecule has 5 atom stereocenters. The number of rotatable bonds is 1. The first-order valence-corrected chi connectivity index (χ1v) is 7.25. The molecule has 3 nitrogen and oxygen atoms in total. The molecule has 2 aliphatic carbocycles. The maximum absolute atomic E-state index is 11.2. The first-order valence-electron chi connectivity index (χ1n) is 7.25. The quantitative estimate of drug-likeness (QED) is 0.673. The van der Waals surface area contributed by atoms with Crippen molar-refractivity contribution in [3.05, 3.63) is 0 Å². The van der Waals surface area contributed by atoms with Gasteiger partial charge in [0.15, 0.2) is 0 Å². The zero-order valence-corrected chi connectivity index (χ0v) is 12.1. The number of aliphatic hydroxyl groups is 3. The molecule has 2 unspecified atom stereocenters. The van der Waals surface area contributed by atoms with E-state index >= 15 is 0 Å². The minimum atomic E-state index is -1.06. The molecule has 2 fully saturated rings. The van der Waals surface area contributed by atoms with Gasteiger partial charge in [0.05, 0.1) is 17.3 Å². The molecule has 3 N–H and O–H groups in total. The molecular formula is C15H28O3. The van der Waals surface area contributed by atoms with Crippen LogP contribution in [0.1, 0.15) is 59.8 Å². The molecule has 0 bridgehead atoms. The lowest BCUT2D eigenvalue weighted by Crippen LogP contribution is -2.48. The van der Waals surface area contributed by atoms with Crippen molar-refractivity contribution in [2.24, 2.45) is 17.3 Å². The lowest BCUT2D eigenvalue weighted by atomic mass is 9.67. The van der Waals surface area contributed by atoms with Gasteiger partial charge in [0.2, 0.25) is 0 Å². The van der Waals surface area contributed by atoms with Crippen molar-refractivity contribution in [3.8, 4) is 0 Å². The third kappa shape index (κ3) is 1.91. The Balaban J connectivity index is 2.35. The monoisotopic (exact) mass is 256 g/mol. The summed E-state index contributed by atoms with van der Waals surface area (Å²) in [5, 5.41) is 31.7. The summed E-state index contributed by atoms with van der Waals surface area (Å²) >= 11 is 0. The highest BCUT2D eigenvalue weighted by molar-refractivity contribution is 5.11. The van der Waals surface area contributed by atoms with Gasteiger partial charge in [-0.2, -0.15) is 0 Å². The second-order valence-corrected chi connectivity index (χ2v) is 7.45. The highest BCUT2D eigenvalue weighted by atomic mass is 16.3. The van der Waals surface area contributed by atoms with Crippen LogP contribution in [-0.4, -0.2) is 32.6 Å². The molecule has 0 aromatic heterocycles. The minimum Gasteiger partial charge on any atom is -0.390 e. The van der Waals surface area contributed by atoms with Gasteiger partial charge in [0, 0.05) is 0 Å². The van der Waals surface area contributed by atoms with Crippen molar-refractivity contribution < 1.29 is 15.3 Å². The van der Waals surface area contributed by atoms with Crippen LogP contribution >= 0.6 is 0 Å². The molecule has 106 valence electrons. The summed E-state index contributed by atoms with van der Waals surface area (Å²) in [4.78, 5) is 0. The van der Waals surface area contributed by atoms with Crippen LogP contribution < -0.4 is 0 Å². The van der Waals surface area contributed by atoms with Crippen molar-refractivity contribution in [1.29, 1.82) is 0 Å². The van der Waals surface area contributed by atoms with Gasteiger partial charge in [-0.1, -0.05) is 20.8 Å². The molecule has 2 rings (SSSR count). The fourth-order valence-corrected chi connectivity index (χ4v) is 4.28. The van der Waals surface area contributed by atoms with E-state index in [4.69, 9.17) is 0 Å². The van der Waals surface area contributed by atoms with Gasteiger partial charge in [-0.3, -0.25) is 0 Å². The molecule has 2 saturated carbocycles. The van der Waals surface area contributed by atoms with E-state index in [-0.39, 0.29) is 11.3 Å². The van der Waals surface area contributed by atoms with E-state index in [9.17, 15) is 15.3 Å². The van der Waals surface area contributed by atoms with Gasteiger partial charge in [0.1, 0.15) is 0 Å². The Morgan fingerprint density at radius 2 is 1.67 bits per heavy atom. The third-order valence-electron chi connectivity index (χ3n) is 5.84. The zero-order chi connectivity index (χ0) is 13.8. The van der Waals surface area contributed by atoms with Crippen LogP contribution in [0.5, 0.6) is 0 Å². The molecule has 0 heterocycles. The maximum Gasteiger partial charge on any atom is 0.0878 e. The molecule has 0 aliphatic heterocycles. The predicted molar refractivity (Wildman–Crippen MR) is 71.1 cm³/mol. The Morgan fingerprint density at radius 1 is 1.06 bits per heavy atom. The normalized spacial score (nSPS) is 53.3. The summed E-state index contributed by atoms with van der Waals surface area (Å²) in [6.45, 7) is 8.09. The molecular weight excluding hydrogens is 228 g/mol. The lowest BCUT2D eigenvalue weighted by Gasteiger charge is -2.43. The highest BCUT2D eigenvalue weighted by Crippen LogP contribution is 2.59. The van der Waals surface area contributed by atoms with Crippen LogP contribution in [0.4, 0.5) is 0 Å². The van der Waals surface area contributed by atoms with E-state index in [0.29, 0.717) is 25.2 Å². The molecule has 0 spiro atoms. The molecule has 0 amide bonds. The molecule has 3 heteroatoms. The second-order valence-electron chi connectivity index (χ2n) is 7.45. The Kier molecular flexibility index (Phi) is 3.33. The van der Waals surface area contributed by atoms with Crippen LogP contribution in [0.2, 0.25) is 0 Å². The van der Waals surface area contributed by atoms with Crippen LogP contribution in [0.3, 0.4) is 0 Å². The van der Waals surface area contributed by atoms with E-state index in [1.54, 1.807) is 6.92 Å². The largest absolute Gasteiger partial charge is 0.390 e. The minimum absolute atomic E-state index is 0.262. The van der Waals surface area contributed by atoms with Crippen molar-refractivity contribution in [2.45, 2.75) is 77.1 Å². The fourth-order valence-electron chi connectivity index (χ4n) is 4.28. The van der Waals surface area contributed by atoms with Crippen molar-refractivity contribution in [2.75, 3.05) is 0 Å². The van der Waals surface area contributed by atoms with Crippen LogP contribution in [0, 0.1) is 17.3 Å². The lowest BCUT2D eigenvalue weighted by molar-refractivity contribution is -0.107. The number of aliphatic hydroxyl groups excluding tert-OH is 1. The highest BCUT2D eigenvalue weighted by Gasteiger charge is 2.60. The van der Waals surface area contributed by atoms with Gasteiger partial charge in [-0.05, 0) is 56.3 Å². The second kappa shape index (κ2) is 4.19. The van der Waals surface area contributed by atoms with Crippen LogP contribution in [0.25, 0.3) is 0 Å². The zero-order valence-electron chi connectivity index (χ0n) is 12.1. The van der Waals surface area contributed by atoms with Crippen LogP contribution in [0.15, 0.2) is 0 Å². The Labute approximate surface area is 110 Å². The third-order valence-corrected chi connectivity index (χ3v) is 5.84. The maximum atomic E-state index is 11.2. The van der Waals surface area contributed by atoms with E-state index < -0.39 is 17.3 Å². The van der Waals surface area contributed by atoms with Crippen LogP contribution in [-0.2, 0) is 0 Å². The van der Waals surface area contributed by atoms with Gasteiger partial charge >= 0.3 is 0 Å². The Bertz CT molecular complexity index is 326. The molecule has 0 aromatic carbocycles. The number of fused-ring (bicyclic) bond motifs is 1. The summed E-state index contributed by atoms with van der Waals surface area (Å²) < 4.78 is 0. The van der Waals surface area contributed by atoms with Crippen molar-refractivity contribution in [3.63, 3.8) is 0 Å². The first-order chi connectivity index (χ1) is 8.12. The molecule has 0 saturated heterocycles. The first kappa shape index (κ1) is 14.3. The van der Waals surface area contributed by atoms with Gasteiger partial charge in [-0.25, -0.2) is 0 Å². The Hall–Kier alpha value is -0.120. The van der Waals surface area contributed by atoms with E-state index in [1.807, 2.05) is 0 Å². The molecule has 18 heavy (non-hydrogen) atoms. The van der Waals surface area contributed by atoms with E-state index in [1.165, 1.54) is 0 Å². The van der Waals surface area contributed by atoms with Gasteiger partial charge in [0.25, 0.3) is 0 Å². The Morgan fingerprint density at radius 3 is 2.22 bits per heavy atom. The SMILES string of the molecule is CC(C)[C@H]1CC[C@]2(C)CC(O)C(C)(O)CC[C@]12O. The number of hydrogen-bond acceptors (Lipinski definition) is 3. The smallest absolute Gasteiger partial charge is 0.0878 e. The summed E-state index contributed by atoms with van der Waals surface area (Å²) in [7, 11) is 0. The fraction of sp³-hybridized carbons (Fsp3) is 1.00. The summed E-state index contributed by atoms with van der Waals surface area (Å²) in [6, 6.07) is 0. The molecule has 2 aliphatic rings. The topological polar surface area (TPSA) is 60.7 Å². The van der Waals surface area contributed by atoms with Gasteiger partial charge in [-0.15, -0.1) is 0 Å². The standard InChI is InChI=1S/C15H28O3/c1-10(2)11-5-6-13(3)9-12(16)14(4,17)7-8-15(11,13)18/h10-12,16-18H,5-9H2,1-4H3/t11-,12?,13-,14?,15+/m1/s1. The van der Waals surface area contributed by atoms with Crippen molar-refractivity contribution >= 4 is 0 Å². The summed E-state index contributed by atoms with van der Waals surface area (Å²) in [5.74, 6) is 0.723. The molecule has 0 radical (unpaired) electrons. The number of hydrogen-bond donors (Lipinski definition) is 3. The van der Waals surface area contributed by atoms with Gasteiger partial charge < -0.3 is 15.3 Å². The summed E-state index contributed by atoms with van der Waals surface area (Å²) in [5.41, 5.74) is -2.06. The van der Waals surface area contributed by atoms with Crippen molar-refractivity contribution in [1.82, 2.24) is 0 Å².